The Hall–Kier alpha value is -2.02. The number of hydrogen-bond acceptors (Lipinski definition) is 4. The maximum atomic E-state index is 12.1. The molecule has 0 saturated heterocycles. The summed E-state index contributed by atoms with van der Waals surface area (Å²) in [7, 11) is 0. The summed E-state index contributed by atoms with van der Waals surface area (Å²) in [6, 6.07) is 4.16. The highest BCUT2D eigenvalue weighted by Crippen LogP contribution is 2.18. The van der Waals surface area contributed by atoms with Gasteiger partial charge in [-0.25, -0.2) is 4.79 Å². The van der Waals surface area contributed by atoms with Crippen LogP contribution < -0.4 is 11.1 Å². The van der Waals surface area contributed by atoms with Crippen LogP contribution in [-0.2, 0) is 0 Å². The minimum atomic E-state index is -1.07. The van der Waals surface area contributed by atoms with E-state index in [9.17, 15) is 14.4 Å². The lowest BCUT2D eigenvalue weighted by atomic mass is 10.1. The molecule has 112 valence electrons. The summed E-state index contributed by atoms with van der Waals surface area (Å²) in [5.74, 6) is -0.223. The third-order valence-corrected chi connectivity index (χ3v) is 3.99. The number of nitrogens with zero attached hydrogens (tertiary/aromatic N) is 1. The summed E-state index contributed by atoms with van der Waals surface area (Å²) in [5.41, 5.74) is -0.367. The van der Waals surface area contributed by atoms with Crippen molar-refractivity contribution in [1.29, 1.82) is 0 Å². The van der Waals surface area contributed by atoms with E-state index in [1.54, 1.807) is 11.8 Å². The summed E-state index contributed by atoms with van der Waals surface area (Å²) in [6.07, 6.45) is 2.69. The van der Waals surface area contributed by atoms with Crippen molar-refractivity contribution in [3.8, 4) is 0 Å². The van der Waals surface area contributed by atoms with E-state index in [4.69, 9.17) is 5.11 Å². The van der Waals surface area contributed by atoms with Crippen molar-refractivity contribution in [2.75, 3.05) is 12.0 Å². The fraction of sp³-hybridized carbons (Fsp3) is 0.357. The van der Waals surface area contributed by atoms with Crippen LogP contribution in [0.4, 0.5) is 0 Å². The Labute approximate surface area is 124 Å². The molecule has 2 aromatic rings. The third-order valence-electron chi connectivity index (χ3n) is 3.35. The topological polar surface area (TPSA) is 92.2 Å². The van der Waals surface area contributed by atoms with Crippen LogP contribution in [0.3, 0.4) is 0 Å². The van der Waals surface area contributed by atoms with Gasteiger partial charge in [0.05, 0.1) is 16.6 Å². The fourth-order valence-corrected chi connectivity index (χ4v) is 2.80. The molecule has 0 aliphatic heterocycles. The zero-order valence-electron chi connectivity index (χ0n) is 11.8. The second-order valence-corrected chi connectivity index (χ2v) is 5.78. The Balaban J connectivity index is 2.72. The van der Waals surface area contributed by atoms with Crippen LogP contribution in [0.1, 0.15) is 29.7 Å². The molecule has 7 heteroatoms. The van der Waals surface area contributed by atoms with Gasteiger partial charge in [-0.3, -0.25) is 14.2 Å². The maximum Gasteiger partial charge on any atom is 0.335 e. The zero-order chi connectivity index (χ0) is 15.6. The number of benzene rings is 1. The first kappa shape index (κ1) is 15.4. The van der Waals surface area contributed by atoms with Gasteiger partial charge in [0.25, 0.3) is 0 Å². The van der Waals surface area contributed by atoms with Crippen molar-refractivity contribution in [2.24, 2.45) is 0 Å². The number of nitrogens with one attached hydrogen (secondary N) is 1. The average molecular weight is 308 g/mol. The molecule has 0 aliphatic carbocycles. The van der Waals surface area contributed by atoms with E-state index in [0.29, 0.717) is 11.0 Å². The number of thioether (sulfide) groups is 1. The van der Waals surface area contributed by atoms with Gasteiger partial charge in [-0.1, -0.05) is 0 Å². The predicted molar refractivity (Wildman–Crippen MR) is 83.5 cm³/mol. The van der Waals surface area contributed by atoms with E-state index in [2.05, 4.69) is 4.98 Å². The Morgan fingerprint density at radius 3 is 2.76 bits per heavy atom. The van der Waals surface area contributed by atoms with Gasteiger partial charge in [0.1, 0.15) is 0 Å². The van der Waals surface area contributed by atoms with Crippen molar-refractivity contribution >= 4 is 28.8 Å². The number of aromatic carboxylic acids is 1. The summed E-state index contributed by atoms with van der Waals surface area (Å²) in [5, 5.41) is 9.08. The third kappa shape index (κ3) is 3.02. The molecule has 1 unspecified atom stereocenters. The molecule has 0 radical (unpaired) electrons. The van der Waals surface area contributed by atoms with Crippen LogP contribution in [0.25, 0.3) is 11.0 Å². The lowest BCUT2D eigenvalue weighted by molar-refractivity contribution is 0.0697. The van der Waals surface area contributed by atoms with Crippen molar-refractivity contribution in [2.45, 2.75) is 19.4 Å². The number of rotatable bonds is 5. The number of aromatic nitrogens is 2. The summed E-state index contributed by atoms with van der Waals surface area (Å²) < 4.78 is 1.39. The number of H-pyrrole nitrogens is 1. The summed E-state index contributed by atoms with van der Waals surface area (Å²) in [6.45, 7) is 1.85. The van der Waals surface area contributed by atoms with Crippen LogP contribution >= 0.6 is 11.8 Å². The normalized spacial score (nSPS) is 12.5. The van der Waals surface area contributed by atoms with E-state index in [0.717, 1.165) is 12.2 Å². The molecule has 2 N–H and O–H groups in total. The molecular weight excluding hydrogens is 292 g/mol. The maximum absolute atomic E-state index is 12.1. The zero-order valence-corrected chi connectivity index (χ0v) is 12.6. The minimum absolute atomic E-state index is 0.0831. The van der Waals surface area contributed by atoms with Gasteiger partial charge in [-0.15, -0.1) is 0 Å². The van der Waals surface area contributed by atoms with Crippen LogP contribution in [0, 0.1) is 0 Å². The fourth-order valence-electron chi connectivity index (χ4n) is 2.22. The molecular formula is C14H16N2O4S. The van der Waals surface area contributed by atoms with E-state index >= 15 is 0 Å². The van der Waals surface area contributed by atoms with Gasteiger partial charge in [0.15, 0.2) is 0 Å². The minimum Gasteiger partial charge on any atom is -0.478 e. The monoisotopic (exact) mass is 308 g/mol. The predicted octanol–water partition coefficient (Wildman–Crippen LogP) is 1.70. The second kappa shape index (κ2) is 6.17. The smallest absolute Gasteiger partial charge is 0.335 e. The molecule has 1 aromatic carbocycles. The Morgan fingerprint density at radius 2 is 2.14 bits per heavy atom. The molecule has 0 spiro atoms. The molecule has 21 heavy (non-hydrogen) atoms. The van der Waals surface area contributed by atoms with Crippen molar-refractivity contribution in [3.63, 3.8) is 0 Å². The van der Waals surface area contributed by atoms with Gasteiger partial charge in [0.2, 0.25) is 0 Å². The van der Waals surface area contributed by atoms with Crippen LogP contribution in [0.15, 0.2) is 27.8 Å². The first-order valence-electron chi connectivity index (χ1n) is 6.46. The van der Waals surface area contributed by atoms with E-state index in [1.807, 2.05) is 13.2 Å². The number of carboxylic acids is 1. The standard InChI is InChI=1S/C14H16N2O4S/c1-8(5-6-21-2)16-11-7-9(14(19)20)3-4-10(11)15-12(17)13(16)18/h3-4,7-8H,5-6H2,1-2H3,(H,15,17)(H,19,20). The summed E-state index contributed by atoms with van der Waals surface area (Å²) >= 11 is 1.65. The first-order chi connectivity index (χ1) is 9.95. The SMILES string of the molecule is CSCCC(C)n1c(=O)c(=O)[nH]c2ccc(C(=O)O)cc21. The Bertz CT molecular complexity index is 794. The van der Waals surface area contributed by atoms with Gasteiger partial charge in [-0.05, 0) is 43.6 Å². The highest BCUT2D eigenvalue weighted by atomic mass is 32.2. The number of carboxylic acid groups (broad SMARTS) is 1. The first-order valence-corrected chi connectivity index (χ1v) is 7.86. The van der Waals surface area contributed by atoms with E-state index in [-0.39, 0.29) is 11.6 Å². The van der Waals surface area contributed by atoms with Crippen molar-refractivity contribution < 1.29 is 9.90 Å². The van der Waals surface area contributed by atoms with Crippen molar-refractivity contribution in [3.05, 3.63) is 44.5 Å². The molecule has 0 aliphatic rings. The number of hydrogen-bond donors (Lipinski definition) is 2. The second-order valence-electron chi connectivity index (χ2n) is 4.80. The molecule has 1 aromatic heterocycles. The lowest BCUT2D eigenvalue weighted by Crippen LogP contribution is -2.38. The van der Waals surface area contributed by atoms with Gasteiger partial charge in [-0.2, -0.15) is 11.8 Å². The van der Waals surface area contributed by atoms with Gasteiger partial charge in [0, 0.05) is 6.04 Å². The van der Waals surface area contributed by atoms with Crippen LogP contribution in [0.2, 0.25) is 0 Å². The quantitative estimate of drug-likeness (QED) is 0.820. The Kier molecular flexibility index (Phi) is 4.52. The summed E-state index contributed by atoms with van der Waals surface area (Å²) in [4.78, 5) is 37.4. The van der Waals surface area contributed by atoms with Crippen LogP contribution in [0.5, 0.6) is 0 Å². The largest absolute Gasteiger partial charge is 0.478 e. The van der Waals surface area contributed by atoms with Crippen molar-refractivity contribution in [1.82, 2.24) is 9.55 Å². The number of fused-ring (bicyclic) bond motifs is 1. The van der Waals surface area contributed by atoms with E-state index in [1.165, 1.54) is 22.8 Å². The molecule has 6 nitrogen and oxygen atoms in total. The highest BCUT2D eigenvalue weighted by molar-refractivity contribution is 7.98. The molecule has 0 saturated carbocycles. The van der Waals surface area contributed by atoms with Gasteiger partial charge >= 0.3 is 17.1 Å². The molecule has 1 atom stereocenters. The number of aromatic amines is 1. The molecule has 0 amide bonds. The highest BCUT2D eigenvalue weighted by Gasteiger charge is 2.15. The molecule has 2 rings (SSSR count). The molecule has 0 bridgehead atoms. The Morgan fingerprint density at radius 1 is 1.43 bits per heavy atom. The lowest BCUT2D eigenvalue weighted by Gasteiger charge is -2.17. The number of carbonyl (C=O) groups is 1. The van der Waals surface area contributed by atoms with E-state index < -0.39 is 17.1 Å². The van der Waals surface area contributed by atoms with Gasteiger partial charge < -0.3 is 10.1 Å². The van der Waals surface area contributed by atoms with Crippen LogP contribution in [-0.4, -0.2) is 32.6 Å². The average Bonchev–Trinajstić information content (AvgIpc) is 2.45. The molecule has 1 heterocycles. The molecule has 0 fully saturated rings.